The SMILES string of the molecule is C#CCC1=CC(=O)CC1O. The van der Waals surface area contributed by atoms with Gasteiger partial charge in [-0.1, -0.05) is 0 Å². The van der Waals surface area contributed by atoms with Gasteiger partial charge in [0.05, 0.1) is 6.10 Å². The number of ketones is 1. The number of terminal acetylenes is 1. The maximum absolute atomic E-state index is 10.6. The Morgan fingerprint density at radius 1 is 1.90 bits per heavy atom. The van der Waals surface area contributed by atoms with E-state index >= 15 is 0 Å². The molecular weight excluding hydrogens is 128 g/mol. The van der Waals surface area contributed by atoms with Gasteiger partial charge in [0, 0.05) is 12.8 Å². The number of rotatable bonds is 1. The Morgan fingerprint density at radius 2 is 2.60 bits per heavy atom. The van der Waals surface area contributed by atoms with E-state index in [1.165, 1.54) is 6.08 Å². The Balaban J connectivity index is 2.67. The lowest BCUT2D eigenvalue weighted by atomic mass is 10.1. The Labute approximate surface area is 59.6 Å². The molecule has 0 saturated carbocycles. The standard InChI is InChI=1S/C8H8O2/c1-2-3-6-4-7(9)5-8(6)10/h1,4,8,10H,3,5H2. The number of carbonyl (C=O) groups is 1. The van der Waals surface area contributed by atoms with E-state index in [2.05, 4.69) is 5.92 Å². The Hall–Kier alpha value is -1.07. The van der Waals surface area contributed by atoms with E-state index in [0.717, 1.165) is 0 Å². The van der Waals surface area contributed by atoms with E-state index < -0.39 is 6.10 Å². The van der Waals surface area contributed by atoms with E-state index in [9.17, 15) is 4.79 Å². The van der Waals surface area contributed by atoms with E-state index in [4.69, 9.17) is 11.5 Å². The van der Waals surface area contributed by atoms with Crippen molar-refractivity contribution in [1.29, 1.82) is 0 Å². The summed E-state index contributed by atoms with van der Waals surface area (Å²) in [6.07, 6.45) is 6.40. The van der Waals surface area contributed by atoms with Crippen molar-refractivity contribution in [3.05, 3.63) is 11.6 Å². The van der Waals surface area contributed by atoms with E-state index in [1.807, 2.05) is 0 Å². The molecule has 0 heterocycles. The van der Waals surface area contributed by atoms with Crippen molar-refractivity contribution in [1.82, 2.24) is 0 Å². The summed E-state index contributed by atoms with van der Waals surface area (Å²) in [6.45, 7) is 0. The van der Waals surface area contributed by atoms with Crippen LogP contribution in [0.15, 0.2) is 11.6 Å². The Morgan fingerprint density at radius 3 is 3.00 bits per heavy atom. The molecule has 0 radical (unpaired) electrons. The maximum Gasteiger partial charge on any atom is 0.158 e. The topological polar surface area (TPSA) is 37.3 Å². The second-order valence-electron chi connectivity index (χ2n) is 2.29. The molecule has 0 aromatic heterocycles. The number of aliphatic hydroxyl groups is 1. The van der Waals surface area contributed by atoms with Crippen molar-refractivity contribution in [2.45, 2.75) is 18.9 Å². The van der Waals surface area contributed by atoms with Crippen LogP contribution in [0.1, 0.15) is 12.8 Å². The zero-order valence-electron chi connectivity index (χ0n) is 5.50. The fraction of sp³-hybridized carbons (Fsp3) is 0.375. The van der Waals surface area contributed by atoms with Gasteiger partial charge in [0.1, 0.15) is 0 Å². The predicted molar refractivity (Wildman–Crippen MR) is 37.2 cm³/mol. The molecule has 1 aliphatic rings. The summed E-state index contributed by atoms with van der Waals surface area (Å²) in [5.74, 6) is 2.35. The largest absolute Gasteiger partial charge is 0.388 e. The van der Waals surface area contributed by atoms with Crippen LogP contribution in [0.25, 0.3) is 0 Å². The smallest absolute Gasteiger partial charge is 0.158 e. The molecule has 2 heteroatoms. The lowest BCUT2D eigenvalue weighted by molar-refractivity contribution is -0.114. The summed E-state index contributed by atoms with van der Waals surface area (Å²) in [4.78, 5) is 10.6. The van der Waals surface area contributed by atoms with Gasteiger partial charge >= 0.3 is 0 Å². The van der Waals surface area contributed by atoms with Crippen molar-refractivity contribution in [3.8, 4) is 12.3 Å². The van der Waals surface area contributed by atoms with Gasteiger partial charge in [0.25, 0.3) is 0 Å². The molecule has 1 atom stereocenters. The summed E-state index contributed by atoms with van der Waals surface area (Å²) in [6, 6.07) is 0. The minimum absolute atomic E-state index is 0.0299. The molecule has 2 nitrogen and oxygen atoms in total. The van der Waals surface area contributed by atoms with Crippen molar-refractivity contribution in [2.75, 3.05) is 0 Å². The average Bonchev–Trinajstić information content (AvgIpc) is 2.13. The van der Waals surface area contributed by atoms with Crippen molar-refractivity contribution < 1.29 is 9.90 Å². The molecule has 0 saturated heterocycles. The van der Waals surface area contributed by atoms with Crippen molar-refractivity contribution in [2.24, 2.45) is 0 Å². The zero-order chi connectivity index (χ0) is 7.56. The molecule has 0 amide bonds. The normalized spacial score (nSPS) is 24.2. The Kier molecular flexibility index (Phi) is 1.88. The summed E-state index contributed by atoms with van der Waals surface area (Å²) < 4.78 is 0. The quantitative estimate of drug-likeness (QED) is 0.525. The van der Waals surface area contributed by atoms with Gasteiger partial charge in [-0.05, 0) is 11.6 Å². The van der Waals surface area contributed by atoms with Crippen LogP contribution in [0.3, 0.4) is 0 Å². The third-order valence-corrected chi connectivity index (χ3v) is 1.48. The lowest BCUT2D eigenvalue weighted by Crippen LogP contribution is -2.05. The highest BCUT2D eigenvalue weighted by Gasteiger charge is 2.20. The molecule has 0 aromatic rings. The molecular formula is C8H8O2. The molecule has 0 bridgehead atoms. The van der Waals surface area contributed by atoms with Gasteiger partial charge < -0.3 is 5.11 Å². The van der Waals surface area contributed by atoms with E-state index in [0.29, 0.717) is 12.0 Å². The molecule has 1 N–H and O–H groups in total. The van der Waals surface area contributed by atoms with Gasteiger partial charge in [-0.3, -0.25) is 4.79 Å². The summed E-state index contributed by atoms with van der Waals surface area (Å²) in [7, 11) is 0. The lowest BCUT2D eigenvalue weighted by Gasteiger charge is -2.01. The van der Waals surface area contributed by atoms with Crippen LogP contribution in [0.5, 0.6) is 0 Å². The number of allylic oxidation sites excluding steroid dienone is 1. The molecule has 52 valence electrons. The number of hydrogen-bond acceptors (Lipinski definition) is 2. The molecule has 10 heavy (non-hydrogen) atoms. The summed E-state index contributed by atoms with van der Waals surface area (Å²) in [5, 5.41) is 9.11. The summed E-state index contributed by atoms with van der Waals surface area (Å²) >= 11 is 0. The minimum Gasteiger partial charge on any atom is -0.388 e. The van der Waals surface area contributed by atoms with Crippen LogP contribution in [0.2, 0.25) is 0 Å². The highest BCUT2D eigenvalue weighted by atomic mass is 16.3. The third-order valence-electron chi connectivity index (χ3n) is 1.48. The molecule has 1 rings (SSSR count). The van der Waals surface area contributed by atoms with Gasteiger partial charge in [-0.2, -0.15) is 0 Å². The van der Waals surface area contributed by atoms with E-state index in [-0.39, 0.29) is 12.2 Å². The van der Waals surface area contributed by atoms with Crippen LogP contribution in [-0.4, -0.2) is 17.0 Å². The first-order valence-corrected chi connectivity index (χ1v) is 3.09. The van der Waals surface area contributed by atoms with Crippen molar-refractivity contribution in [3.63, 3.8) is 0 Å². The van der Waals surface area contributed by atoms with Crippen LogP contribution in [-0.2, 0) is 4.79 Å². The number of carbonyl (C=O) groups excluding carboxylic acids is 1. The van der Waals surface area contributed by atoms with Gasteiger partial charge in [0.2, 0.25) is 0 Å². The number of aliphatic hydroxyl groups excluding tert-OH is 1. The zero-order valence-corrected chi connectivity index (χ0v) is 5.50. The van der Waals surface area contributed by atoms with Crippen LogP contribution >= 0.6 is 0 Å². The molecule has 0 aromatic carbocycles. The third kappa shape index (κ3) is 1.26. The second-order valence-corrected chi connectivity index (χ2v) is 2.29. The van der Waals surface area contributed by atoms with Gasteiger partial charge in [-0.15, -0.1) is 12.3 Å². The first kappa shape index (κ1) is 7.04. The fourth-order valence-electron chi connectivity index (χ4n) is 0.970. The van der Waals surface area contributed by atoms with Crippen LogP contribution in [0, 0.1) is 12.3 Å². The molecule has 0 spiro atoms. The first-order valence-electron chi connectivity index (χ1n) is 3.09. The van der Waals surface area contributed by atoms with Crippen molar-refractivity contribution >= 4 is 5.78 Å². The highest BCUT2D eigenvalue weighted by Crippen LogP contribution is 2.17. The maximum atomic E-state index is 10.6. The van der Waals surface area contributed by atoms with Crippen LogP contribution in [0.4, 0.5) is 0 Å². The molecule has 1 unspecified atom stereocenters. The molecule has 0 aliphatic heterocycles. The monoisotopic (exact) mass is 136 g/mol. The minimum atomic E-state index is -0.622. The van der Waals surface area contributed by atoms with E-state index in [1.54, 1.807) is 0 Å². The van der Waals surface area contributed by atoms with Gasteiger partial charge in [0.15, 0.2) is 5.78 Å². The highest BCUT2D eigenvalue weighted by molar-refractivity contribution is 5.94. The predicted octanol–water partition coefficient (Wildman–Crippen LogP) is 0.270. The summed E-state index contributed by atoms with van der Waals surface area (Å²) in [5.41, 5.74) is 0.674. The second kappa shape index (κ2) is 2.68. The molecule has 0 fully saturated rings. The first-order chi connectivity index (χ1) is 4.74. The van der Waals surface area contributed by atoms with Crippen LogP contribution < -0.4 is 0 Å². The number of hydrogen-bond donors (Lipinski definition) is 1. The Bertz CT molecular complexity index is 220. The average molecular weight is 136 g/mol. The molecule has 1 aliphatic carbocycles. The fourth-order valence-corrected chi connectivity index (χ4v) is 0.970. The van der Waals surface area contributed by atoms with Gasteiger partial charge in [-0.25, -0.2) is 0 Å².